The van der Waals surface area contributed by atoms with Crippen LogP contribution in [0, 0.1) is 0 Å². The molecule has 2 fully saturated rings. The summed E-state index contributed by atoms with van der Waals surface area (Å²) in [5.41, 5.74) is 0. The Labute approximate surface area is 129 Å². The van der Waals surface area contributed by atoms with Crippen molar-refractivity contribution in [3.05, 3.63) is 0 Å². The third kappa shape index (κ3) is 5.51. The van der Waals surface area contributed by atoms with Gasteiger partial charge in [-0.05, 0) is 32.1 Å². The monoisotopic (exact) mass is 316 g/mol. The van der Waals surface area contributed by atoms with Crippen molar-refractivity contribution in [2.24, 2.45) is 0 Å². The number of hydrogen-bond acceptors (Lipinski definition) is 3. The number of carbonyl (C=O) groups excluding carboxylic acids is 1. The molecule has 4 heteroatoms. The van der Waals surface area contributed by atoms with E-state index in [0.717, 1.165) is 0 Å². The first kappa shape index (κ1) is 17.1. The molecule has 2 aliphatic rings. The molecule has 0 aromatic heterocycles. The maximum atomic E-state index is 10.7. The van der Waals surface area contributed by atoms with E-state index >= 15 is 0 Å². The van der Waals surface area contributed by atoms with Gasteiger partial charge in [-0.15, -0.1) is 0 Å². The van der Waals surface area contributed by atoms with Gasteiger partial charge in [-0.25, -0.2) is 0 Å². The molecule has 2 rings (SSSR count). The summed E-state index contributed by atoms with van der Waals surface area (Å²) in [6, 6.07) is 1.28. The quantitative estimate of drug-likeness (QED) is 0.729. The molecule has 3 nitrogen and oxygen atoms in total. The second-order valence-corrected chi connectivity index (χ2v) is 5.94. The first-order valence-electron chi connectivity index (χ1n) is 7.73. The number of carboxylic acid groups (broad SMARTS) is 1. The zero-order valence-corrected chi connectivity index (χ0v) is 15.1. The van der Waals surface area contributed by atoms with Crippen LogP contribution in [-0.2, 0) is 24.3 Å². The van der Waals surface area contributed by atoms with E-state index in [2.05, 4.69) is 4.90 Å². The summed E-state index contributed by atoms with van der Waals surface area (Å²) in [5.74, 6) is -0.897. The van der Waals surface area contributed by atoms with Gasteiger partial charge in [-0.1, -0.05) is 38.5 Å². The number of hydrogen-bond donors (Lipinski definition) is 0. The molecule has 0 heterocycles. The molecule has 104 valence electrons. The van der Waals surface area contributed by atoms with Crippen LogP contribution in [0.3, 0.4) is 0 Å². The Kier molecular flexibility index (Phi) is 8.17. The van der Waals surface area contributed by atoms with Crippen molar-refractivity contribution in [1.29, 1.82) is 0 Å². The van der Waals surface area contributed by atoms with Gasteiger partial charge in [0.05, 0.1) is 0 Å². The predicted octanol–water partition coefficient (Wildman–Crippen LogP) is 2.09. The van der Waals surface area contributed by atoms with Gasteiger partial charge in [0.1, 0.15) is 0 Å². The molecular weight excluding hydrogens is 292 g/mol. The second-order valence-electron chi connectivity index (χ2n) is 5.94. The fraction of sp³-hybridized carbons (Fsp3) is 0.933. The van der Waals surface area contributed by atoms with Crippen LogP contribution >= 0.6 is 0 Å². The van der Waals surface area contributed by atoms with Crippen LogP contribution in [-0.4, -0.2) is 29.5 Å². The van der Waals surface area contributed by atoms with E-state index in [0.29, 0.717) is 18.6 Å². The molecule has 0 atom stereocenters. The van der Waals surface area contributed by atoms with Gasteiger partial charge in [-0.2, -0.15) is 0 Å². The normalized spacial score (nSPS) is 22.2. The van der Waals surface area contributed by atoms with Gasteiger partial charge in [0.15, 0.2) is 0 Å². The molecule has 0 radical (unpaired) electrons. The Morgan fingerprint density at radius 2 is 1.32 bits per heavy atom. The molecule has 0 aliphatic heterocycles. The minimum Gasteiger partial charge on any atom is -0.550 e. The topological polar surface area (TPSA) is 43.4 Å². The molecular formula is C15H26NO2Zn+. The predicted molar refractivity (Wildman–Crippen MR) is 70.1 cm³/mol. The number of carboxylic acids is 1. The summed E-state index contributed by atoms with van der Waals surface area (Å²) in [6.07, 6.45) is 13.3. The number of carbonyl (C=O) groups is 1. The average Bonchev–Trinajstić information content (AvgIpc) is 2.41. The Morgan fingerprint density at radius 3 is 1.68 bits per heavy atom. The Morgan fingerprint density at radius 1 is 0.895 bits per heavy atom. The number of rotatable bonds is 5. The summed E-state index contributed by atoms with van der Waals surface area (Å²) in [5, 5.41) is 10.7. The molecule has 0 aromatic rings. The zero-order valence-electron chi connectivity index (χ0n) is 12.1. The first-order chi connectivity index (χ1) is 8.77. The van der Waals surface area contributed by atoms with Crippen molar-refractivity contribution in [1.82, 2.24) is 4.90 Å². The van der Waals surface area contributed by atoms with Crippen molar-refractivity contribution in [3.63, 3.8) is 0 Å². The summed E-state index contributed by atoms with van der Waals surface area (Å²) in [4.78, 5) is 13.3. The van der Waals surface area contributed by atoms with Crippen LogP contribution in [0.15, 0.2) is 0 Å². The van der Waals surface area contributed by atoms with Crippen LogP contribution in [0.1, 0.15) is 70.6 Å². The van der Waals surface area contributed by atoms with Crippen molar-refractivity contribution >= 4 is 5.97 Å². The van der Waals surface area contributed by atoms with Gasteiger partial charge < -0.3 is 9.90 Å². The molecule has 0 N–H and O–H groups in total. The summed E-state index contributed by atoms with van der Waals surface area (Å²) < 4.78 is 0. The Hall–Kier alpha value is 0.0534. The van der Waals surface area contributed by atoms with Crippen molar-refractivity contribution in [2.45, 2.75) is 82.7 Å². The molecule has 2 aliphatic carbocycles. The molecule has 0 spiro atoms. The van der Waals surface area contributed by atoms with Crippen molar-refractivity contribution < 1.29 is 29.4 Å². The molecule has 0 bridgehead atoms. The van der Waals surface area contributed by atoms with E-state index in [9.17, 15) is 9.90 Å². The fourth-order valence-corrected chi connectivity index (χ4v) is 3.71. The molecule has 0 unspecified atom stereocenters. The third-order valence-electron chi connectivity index (χ3n) is 4.66. The van der Waals surface area contributed by atoms with E-state index in [1.165, 1.54) is 64.2 Å². The molecule has 19 heavy (non-hydrogen) atoms. The van der Waals surface area contributed by atoms with Crippen LogP contribution in [0.2, 0.25) is 0 Å². The summed E-state index contributed by atoms with van der Waals surface area (Å²) in [6.45, 7) is 0.706. The van der Waals surface area contributed by atoms with E-state index in [-0.39, 0.29) is 25.9 Å². The standard InChI is InChI=1S/C15H27NO2.Zn/c17-15(18)11-12-16(13-7-3-1-4-8-13)14-9-5-2-6-10-14;/h13-14H,1-12H2,(H,17,18);/q;+2/p-1. The fourth-order valence-electron chi connectivity index (χ4n) is 3.71. The molecule has 2 saturated carbocycles. The van der Waals surface area contributed by atoms with Crippen molar-refractivity contribution in [3.8, 4) is 0 Å². The van der Waals surface area contributed by atoms with E-state index in [1.54, 1.807) is 0 Å². The van der Waals surface area contributed by atoms with Crippen LogP contribution in [0.5, 0.6) is 0 Å². The zero-order chi connectivity index (χ0) is 12.8. The molecule has 0 amide bonds. The first-order valence-corrected chi connectivity index (χ1v) is 7.73. The molecule has 0 aromatic carbocycles. The maximum absolute atomic E-state index is 10.7. The van der Waals surface area contributed by atoms with Crippen LogP contribution in [0.4, 0.5) is 0 Å². The third-order valence-corrected chi connectivity index (χ3v) is 4.66. The van der Waals surface area contributed by atoms with Gasteiger partial charge >= 0.3 is 19.5 Å². The van der Waals surface area contributed by atoms with E-state index in [1.807, 2.05) is 0 Å². The number of nitrogens with zero attached hydrogens (tertiary/aromatic N) is 1. The molecule has 0 saturated heterocycles. The summed E-state index contributed by atoms with van der Waals surface area (Å²) >= 11 is 0. The van der Waals surface area contributed by atoms with Crippen molar-refractivity contribution in [2.75, 3.05) is 6.54 Å². The van der Waals surface area contributed by atoms with Gasteiger partial charge in [-0.3, -0.25) is 4.90 Å². The van der Waals surface area contributed by atoms with Crippen LogP contribution < -0.4 is 5.11 Å². The smallest absolute Gasteiger partial charge is 0.550 e. The Balaban J connectivity index is 0.00000180. The van der Waals surface area contributed by atoms with E-state index < -0.39 is 5.97 Å². The summed E-state index contributed by atoms with van der Waals surface area (Å²) in [7, 11) is 0. The maximum Gasteiger partial charge on any atom is 2.00 e. The Bertz CT molecular complexity index is 243. The minimum absolute atomic E-state index is 0. The van der Waals surface area contributed by atoms with Crippen LogP contribution in [0.25, 0.3) is 0 Å². The average molecular weight is 318 g/mol. The van der Waals surface area contributed by atoms with Gasteiger partial charge in [0, 0.05) is 24.6 Å². The van der Waals surface area contributed by atoms with E-state index in [4.69, 9.17) is 0 Å². The second kappa shape index (κ2) is 9.07. The van der Waals surface area contributed by atoms with Gasteiger partial charge in [0.25, 0.3) is 0 Å². The number of aliphatic carboxylic acids is 1. The van der Waals surface area contributed by atoms with Gasteiger partial charge in [0.2, 0.25) is 0 Å². The minimum atomic E-state index is -0.897. The SMILES string of the molecule is O=C([O-])CCN(C1CCCCC1)C1CCCCC1.[Zn+2]. The largest absolute Gasteiger partial charge is 2.00 e.